The first-order valence-corrected chi connectivity index (χ1v) is 12.1. The minimum atomic E-state index is -0.492. The lowest BCUT2D eigenvalue weighted by Gasteiger charge is -2.19. The maximum Gasteiger partial charge on any atom is 0.260 e. The van der Waals surface area contributed by atoms with Crippen molar-refractivity contribution < 1.29 is 9.90 Å². The summed E-state index contributed by atoms with van der Waals surface area (Å²) in [5.74, 6) is -0.531. The van der Waals surface area contributed by atoms with Crippen LogP contribution in [0.25, 0.3) is 21.6 Å². The van der Waals surface area contributed by atoms with E-state index in [0.717, 1.165) is 5.56 Å². The number of azo groups is 1. The third-order valence-electron chi connectivity index (χ3n) is 6.08. The molecule has 1 amide bonds. The molecule has 10 heteroatoms. The molecule has 0 aliphatic carbocycles. The van der Waals surface area contributed by atoms with Gasteiger partial charge in [-0.1, -0.05) is 57.2 Å². The first kappa shape index (κ1) is 25.2. The van der Waals surface area contributed by atoms with Crippen molar-refractivity contribution in [2.45, 2.75) is 26.2 Å². The van der Waals surface area contributed by atoms with E-state index in [4.69, 9.17) is 6.57 Å². The van der Waals surface area contributed by atoms with Gasteiger partial charge in [-0.25, -0.2) is 14.8 Å². The molecule has 192 valence electrons. The summed E-state index contributed by atoms with van der Waals surface area (Å²) in [6, 6.07) is 18.1. The lowest BCUT2D eigenvalue weighted by Crippen LogP contribution is -2.14. The Morgan fingerprint density at radius 1 is 1.03 bits per heavy atom. The van der Waals surface area contributed by atoms with Gasteiger partial charge in [0.15, 0.2) is 11.6 Å². The van der Waals surface area contributed by atoms with Crippen LogP contribution in [0.3, 0.4) is 0 Å². The van der Waals surface area contributed by atoms with Gasteiger partial charge >= 0.3 is 0 Å². The van der Waals surface area contributed by atoms with E-state index in [1.54, 1.807) is 36.7 Å². The first-order valence-electron chi connectivity index (χ1n) is 12.1. The predicted molar refractivity (Wildman–Crippen MR) is 148 cm³/mol. The van der Waals surface area contributed by atoms with Crippen LogP contribution < -0.4 is 5.32 Å². The molecule has 2 N–H and O–H groups in total. The van der Waals surface area contributed by atoms with Crippen molar-refractivity contribution in [1.29, 1.82) is 0 Å². The molecule has 2 aromatic heterocycles. The van der Waals surface area contributed by atoms with Crippen molar-refractivity contribution in [3.05, 3.63) is 102 Å². The number of rotatable bonds is 5. The fourth-order valence-electron chi connectivity index (χ4n) is 4.03. The maximum absolute atomic E-state index is 13.4. The van der Waals surface area contributed by atoms with Crippen LogP contribution in [-0.2, 0) is 5.41 Å². The molecular weight excluding hydrogens is 492 g/mol. The van der Waals surface area contributed by atoms with E-state index in [1.807, 2.05) is 36.4 Å². The quantitative estimate of drug-likeness (QED) is 0.192. The van der Waals surface area contributed by atoms with Crippen molar-refractivity contribution >= 4 is 39.6 Å². The molecular formula is C29H24N8O2. The van der Waals surface area contributed by atoms with E-state index < -0.39 is 5.91 Å². The van der Waals surface area contributed by atoms with Gasteiger partial charge in [0.25, 0.3) is 17.5 Å². The van der Waals surface area contributed by atoms with Crippen LogP contribution in [0.15, 0.2) is 89.5 Å². The fourth-order valence-corrected chi connectivity index (χ4v) is 4.03. The third-order valence-corrected chi connectivity index (χ3v) is 6.08. The molecule has 0 aliphatic heterocycles. The zero-order chi connectivity index (χ0) is 27.6. The number of hydrogen-bond acceptors (Lipinski definition) is 7. The van der Waals surface area contributed by atoms with Crippen LogP contribution in [0.1, 0.15) is 36.7 Å². The van der Waals surface area contributed by atoms with Crippen molar-refractivity contribution in [3.63, 3.8) is 0 Å². The van der Waals surface area contributed by atoms with Crippen LogP contribution in [0, 0.1) is 6.57 Å². The van der Waals surface area contributed by atoms with Gasteiger partial charge in [0, 0.05) is 18.1 Å². The molecule has 0 aliphatic rings. The summed E-state index contributed by atoms with van der Waals surface area (Å²) in [6.45, 7) is 13.8. The Morgan fingerprint density at radius 2 is 1.74 bits per heavy atom. The van der Waals surface area contributed by atoms with Gasteiger partial charge < -0.3 is 10.4 Å². The van der Waals surface area contributed by atoms with Gasteiger partial charge in [-0.05, 0) is 46.0 Å². The molecule has 10 nitrogen and oxygen atoms in total. The van der Waals surface area contributed by atoms with Crippen molar-refractivity contribution in [3.8, 4) is 11.7 Å². The average molecular weight is 517 g/mol. The fraction of sp³-hybridized carbons (Fsp3) is 0.138. The normalized spacial score (nSPS) is 11.5. The summed E-state index contributed by atoms with van der Waals surface area (Å²) in [6.07, 6.45) is 4.42. The number of amides is 1. The molecule has 0 saturated carbocycles. The lowest BCUT2D eigenvalue weighted by molar-refractivity contribution is 0.102. The Labute approximate surface area is 224 Å². The number of aromatic nitrogens is 4. The molecule has 0 fully saturated rings. The SMILES string of the molecule is [C-]#[N+]c1cnn(-c2ncccn2)c1N=Nc1cc2ccccc2c(C(=O)Nc2ccc(C(C)(C)C)cc2)c1O. The number of hydrogen-bond donors (Lipinski definition) is 2. The highest BCUT2D eigenvalue weighted by molar-refractivity contribution is 6.16. The minimum absolute atomic E-state index is 0.0224. The molecule has 2 heterocycles. The van der Waals surface area contributed by atoms with Gasteiger partial charge in [0.05, 0.1) is 18.3 Å². The van der Waals surface area contributed by atoms with Crippen molar-refractivity contribution in [2.75, 3.05) is 5.32 Å². The first-order chi connectivity index (χ1) is 18.8. The number of nitrogens with zero attached hydrogens (tertiary/aromatic N) is 7. The van der Waals surface area contributed by atoms with Crippen LogP contribution in [0.5, 0.6) is 5.75 Å². The van der Waals surface area contributed by atoms with Crippen molar-refractivity contribution in [2.24, 2.45) is 10.2 Å². The molecule has 0 bridgehead atoms. The molecule has 0 unspecified atom stereocenters. The number of phenolic OH excluding ortho intramolecular Hbond substituents is 1. The number of fused-ring (bicyclic) bond motifs is 1. The summed E-state index contributed by atoms with van der Waals surface area (Å²) < 4.78 is 1.28. The minimum Gasteiger partial charge on any atom is -0.505 e. The second-order valence-corrected chi connectivity index (χ2v) is 9.75. The average Bonchev–Trinajstić information content (AvgIpc) is 3.35. The Kier molecular flexibility index (Phi) is 6.56. The van der Waals surface area contributed by atoms with Gasteiger partial charge in [-0.2, -0.15) is 9.78 Å². The molecule has 3 aromatic carbocycles. The molecule has 0 radical (unpaired) electrons. The van der Waals surface area contributed by atoms with Crippen LogP contribution in [-0.4, -0.2) is 30.8 Å². The predicted octanol–water partition coefficient (Wildman–Crippen LogP) is 7.04. The number of phenols is 1. The molecule has 0 atom stereocenters. The summed E-state index contributed by atoms with van der Waals surface area (Å²) in [4.78, 5) is 25.2. The second-order valence-electron chi connectivity index (χ2n) is 9.75. The highest BCUT2D eigenvalue weighted by atomic mass is 16.3. The van der Waals surface area contributed by atoms with Gasteiger partial charge in [0.2, 0.25) is 0 Å². The topological polar surface area (TPSA) is 122 Å². The Bertz CT molecular complexity index is 1750. The van der Waals surface area contributed by atoms with Gasteiger partial charge in [0.1, 0.15) is 5.69 Å². The van der Waals surface area contributed by atoms with E-state index in [-0.39, 0.29) is 39.9 Å². The number of anilines is 1. The second kappa shape index (κ2) is 10.1. The Hall–Kier alpha value is -5.43. The Balaban J connectivity index is 1.55. The maximum atomic E-state index is 13.4. The molecule has 0 spiro atoms. The summed E-state index contributed by atoms with van der Waals surface area (Å²) >= 11 is 0. The number of carbonyl (C=O) groups is 1. The number of aromatic hydroxyl groups is 1. The standard InChI is InChI=1S/C29H24N8O2/c1-29(2,3)19-10-12-20(13-11-19)34-27(39)24-21-9-6-5-8-18(21)16-22(25(24)38)35-36-26-23(30-4)17-33-37(26)28-31-14-7-15-32-28/h5-17,38H,1-3H3,(H,34,39). The lowest BCUT2D eigenvalue weighted by atomic mass is 9.87. The number of carbonyl (C=O) groups excluding carboxylic acids is 1. The monoisotopic (exact) mass is 516 g/mol. The molecule has 5 aromatic rings. The number of nitrogens with one attached hydrogen (secondary N) is 1. The smallest absolute Gasteiger partial charge is 0.260 e. The van der Waals surface area contributed by atoms with Crippen molar-refractivity contribution in [1.82, 2.24) is 19.7 Å². The van der Waals surface area contributed by atoms with E-state index in [0.29, 0.717) is 16.5 Å². The van der Waals surface area contributed by atoms with Crippen LogP contribution in [0.2, 0.25) is 0 Å². The van der Waals surface area contributed by atoms with E-state index in [9.17, 15) is 9.90 Å². The van der Waals surface area contributed by atoms with Crippen LogP contribution in [0.4, 0.5) is 22.9 Å². The largest absolute Gasteiger partial charge is 0.505 e. The highest BCUT2D eigenvalue weighted by Gasteiger charge is 2.21. The number of benzene rings is 3. The highest BCUT2D eigenvalue weighted by Crippen LogP contribution is 2.39. The Morgan fingerprint density at radius 3 is 2.44 bits per heavy atom. The van der Waals surface area contributed by atoms with Crippen LogP contribution >= 0.6 is 0 Å². The summed E-state index contributed by atoms with van der Waals surface area (Å²) in [7, 11) is 0. The molecule has 0 saturated heterocycles. The zero-order valence-electron chi connectivity index (χ0n) is 21.5. The van der Waals surface area contributed by atoms with E-state index >= 15 is 0 Å². The zero-order valence-corrected chi connectivity index (χ0v) is 21.5. The molecule has 39 heavy (non-hydrogen) atoms. The summed E-state index contributed by atoms with van der Waals surface area (Å²) in [5.41, 5.74) is 1.95. The third kappa shape index (κ3) is 5.06. The van der Waals surface area contributed by atoms with Gasteiger partial charge in [-0.15, -0.1) is 10.2 Å². The summed E-state index contributed by atoms with van der Waals surface area (Å²) in [5, 5.41) is 27.9. The van der Waals surface area contributed by atoms with E-state index in [1.165, 1.54) is 10.9 Å². The van der Waals surface area contributed by atoms with Gasteiger partial charge in [-0.3, -0.25) is 4.79 Å². The molecule has 5 rings (SSSR count). The van der Waals surface area contributed by atoms with E-state index in [2.05, 4.69) is 56.2 Å².